The summed E-state index contributed by atoms with van der Waals surface area (Å²) in [6, 6.07) is 60.7. The predicted octanol–water partition coefficient (Wildman–Crippen LogP) is 20.6. The zero-order valence-corrected chi connectivity index (χ0v) is 76.6. The lowest BCUT2D eigenvalue weighted by atomic mass is 10.1. The van der Waals surface area contributed by atoms with Crippen LogP contribution in [0.3, 0.4) is 0 Å². The molecule has 668 valence electrons. The SMILES string of the molecule is CCN1CCN(c2nc3ccccc3c3c(=O)c4cc(F)ccc4sc23)CC1.CN1CCN(c2nc3ccccc3c3c(=O)c4cc(F)ccc4sc23)CC1.O=c1c2cc(F)ccc2sc2c(N3CCCCC3)nc3ccccc3c12.O=c1c2cc(F)ccc2sc2c(N3CCNCC3)nc3ccccc3c12.O=c1c2cc(F)ccc2sc2c(N3CCOCC3)nc3ccccc3c12. The highest BCUT2D eigenvalue weighted by atomic mass is 32.1. The number of ether oxygens (including phenoxy) is 1. The average Bonchev–Trinajstić information content (AvgIpc) is 0.758. The number of aromatic nitrogens is 5. The number of nitrogens with zero attached hydrogens (tertiary/aromatic N) is 12. The summed E-state index contributed by atoms with van der Waals surface area (Å²) in [4.78, 5) is 107. The highest BCUT2D eigenvalue weighted by Gasteiger charge is 2.29. The molecule has 20 aromatic rings. The van der Waals surface area contributed by atoms with E-state index in [1.54, 1.807) is 30.3 Å². The Morgan fingerprint density at radius 3 is 0.820 bits per heavy atom. The average molecular weight is 1870 g/mol. The second-order valence-electron chi connectivity index (χ2n) is 33.7. The van der Waals surface area contributed by atoms with Crippen LogP contribution in [0.2, 0.25) is 0 Å². The molecule has 1 N–H and O–H groups in total. The van der Waals surface area contributed by atoms with Gasteiger partial charge in [0.1, 0.15) is 58.2 Å². The third-order valence-electron chi connectivity index (χ3n) is 25.6. The standard InChI is InChI=1S/C22H20FN3OS.C21H18FN3OS.C21H17FN2OS.C20H16FN3OS.C20H15FN2O2S/c1-2-25-9-11-26(12-10-25)22-21-19(15-5-3-4-6-17(15)24-22)20(27)16-13-14(23)7-8-18(16)28-21;1-24-8-10-25(11-9-24)21-20-18(14-4-2-3-5-16(14)23-21)19(26)15-12-13(22)6-7-17(15)27-20;22-13-8-9-17-15(12-13)19(25)18-14-6-2-3-7-16(14)23-21(20(18)26-17)24-10-4-1-5-11-24;21-12-5-6-16-14(11-12)18(25)17-13-3-1-2-4-15(13)23-20(19(17)26-16)24-9-7-22-8-10-24;21-12-5-6-16-14(11-12)18(24)17-13-3-1-2-4-15(13)22-20(19(17)26-16)23-7-9-25-10-8-23/h3-8,13H,2,9-12H2,1H3;2-7,12H,8-11H2,1H3;2-3,6-9,12H,1,4-5,10-11H2;1-6,11,22H,7-10H2;1-6,11H,7-10H2. The second-order valence-corrected chi connectivity index (χ2v) is 39.0. The van der Waals surface area contributed by atoms with Crippen molar-refractivity contribution in [2.45, 2.75) is 26.2 Å². The number of hydrogen-bond acceptors (Lipinski definition) is 24. The number of pyridine rings is 5. The van der Waals surface area contributed by atoms with Crippen molar-refractivity contribution in [1.29, 1.82) is 0 Å². The van der Waals surface area contributed by atoms with Crippen LogP contribution in [-0.4, -0.2) is 166 Å². The number of nitrogens with one attached hydrogen (secondary N) is 1. The summed E-state index contributed by atoms with van der Waals surface area (Å²) >= 11 is 7.61. The van der Waals surface area contributed by atoms with Gasteiger partial charge in [0.2, 0.25) is 0 Å². The normalized spacial score (nSPS) is 15.4. The van der Waals surface area contributed by atoms with Gasteiger partial charge in [-0.3, -0.25) is 24.0 Å². The summed E-state index contributed by atoms with van der Waals surface area (Å²) in [7, 11) is 2.11. The predicted molar refractivity (Wildman–Crippen MR) is 543 cm³/mol. The zero-order chi connectivity index (χ0) is 90.8. The summed E-state index contributed by atoms with van der Waals surface area (Å²) < 4.78 is 82.7. The number of benzene rings is 10. The lowest BCUT2D eigenvalue weighted by molar-refractivity contribution is 0.122. The molecule has 5 fully saturated rings. The summed E-state index contributed by atoms with van der Waals surface area (Å²) in [5.41, 5.74) is 3.41. The molecular formula is C104H86F5N13O6S5. The molecule has 133 heavy (non-hydrogen) atoms. The fraction of sp³-hybridized carbons (Fsp3) is 0.231. The number of anilines is 5. The van der Waals surface area contributed by atoms with Gasteiger partial charge in [-0.1, -0.05) is 97.9 Å². The van der Waals surface area contributed by atoms with Gasteiger partial charge in [0.25, 0.3) is 0 Å². The summed E-state index contributed by atoms with van der Waals surface area (Å²) in [5, 5.41) is 12.9. The van der Waals surface area contributed by atoms with E-state index in [-0.39, 0.29) is 50.4 Å². The molecule has 10 aromatic heterocycles. The van der Waals surface area contributed by atoms with Crippen LogP contribution < -0.4 is 57.0 Å². The van der Waals surface area contributed by atoms with Crippen LogP contribution in [0.1, 0.15) is 26.2 Å². The van der Waals surface area contributed by atoms with Gasteiger partial charge in [-0.25, -0.2) is 46.9 Å². The van der Waals surface area contributed by atoms with Gasteiger partial charge in [-0.2, -0.15) is 0 Å². The van der Waals surface area contributed by atoms with Crippen LogP contribution in [0.4, 0.5) is 51.0 Å². The quantitative estimate of drug-likeness (QED) is 0.0937. The fourth-order valence-electron chi connectivity index (χ4n) is 18.7. The van der Waals surface area contributed by atoms with Gasteiger partial charge in [0.05, 0.1) is 91.2 Å². The van der Waals surface area contributed by atoms with E-state index >= 15 is 0 Å². The van der Waals surface area contributed by atoms with Crippen molar-refractivity contribution in [2.75, 3.05) is 156 Å². The van der Waals surface area contributed by atoms with Gasteiger partial charge < -0.3 is 44.4 Å². The number of piperazine rings is 3. The van der Waals surface area contributed by atoms with E-state index in [1.807, 2.05) is 121 Å². The molecule has 5 aliphatic rings. The third-order valence-corrected chi connectivity index (χ3v) is 31.4. The molecule has 0 amide bonds. The minimum Gasteiger partial charge on any atom is -0.378 e. The van der Waals surface area contributed by atoms with E-state index in [2.05, 4.69) is 53.6 Å². The summed E-state index contributed by atoms with van der Waals surface area (Å²) in [6.07, 6.45) is 3.52. The largest absolute Gasteiger partial charge is 0.378 e. The molecule has 0 saturated carbocycles. The molecule has 10 aromatic carbocycles. The fourth-order valence-corrected chi connectivity index (χ4v) is 24.6. The van der Waals surface area contributed by atoms with Crippen molar-refractivity contribution >= 4 is 241 Å². The second kappa shape index (κ2) is 37.0. The van der Waals surface area contributed by atoms with Crippen LogP contribution in [0.25, 0.3) is 155 Å². The first-order valence-corrected chi connectivity index (χ1v) is 48.7. The van der Waals surface area contributed by atoms with Gasteiger partial charge in [-0.05, 0) is 154 Å². The van der Waals surface area contributed by atoms with Crippen molar-refractivity contribution in [3.8, 4) is 0 Å². The number of piperidine rings is 1. The molecule has 25 rings (SSSR count). The van der Waals surface area contributed by atoms with Crippen LogP contribution in [-0.2, 0) is 4.74 Å². The first-order chi connectivity index (χ1) is 64.9. The minimum absolute atomic E-state index is 0.106. The van der Waals surface area contributed by atoms with Gasteiger partial charge in [0.15, 0.2) is 27.1 Å². The topological polar surface area (TPSA) is 194 Å². The molecule has 19 nitrogen and oxygen atoms in total. The molecule has 29 heteroatoms. The zero-order valence-electron chi connectivity index (χ0n) is 72.5. The lowest BCUT2D eigenvalue weighted by Crippen LogP contribution is -2.46. The molecule has 5 saturated heterocycles. The van der Waals surface area contributed by atoms with Crippen molar-refractivity contribution in [3.05, 3.63) is 293 Å². The maximum Gasteiger partial charge on any atom is 0.196 e. The Morgan fingerprint density at radius 1 is 0.293 bits per heavy atom. The number of para-hydroxylation sites is 5. The molecule has 0 bridgehead atoms. The molecule has 5 aliphatic heterocycles. The van der Waals surface area contributed by atoms with Gasteiger partial charge in [-0.15, -0.1) is 56.7 Å². The van der Waals surface area contributed by atoms with Crippen molar-refractivity contribution < 1.29 is 26.7 Å². The first-order valence-electron chi connectivity index (χ1n) is 44.6. The maximum absolute atomic E-state index is 13.8. The molecule has 15 heterocycles. The molecule has 0 radical (unpaired) electrons. The Morgan fingerprint density at radius 2 is 0.541 bits per heavy atom. The van der Waals surface area contributed by atoms with Crippen molar-refractivity contribution in [3.63, 3.8) is 0 Å². The first kappa shape index (κ1) is 86.9. The van der Waals surface area contributed by atoms with E-state index < -0.39 is 5.82 Å². The Kier molecular flexibility index (Phi) is 24.2. The Bertz CT molecular complexity index is 7950. The summed E-state index contributed by atoms with van der Waals surface area (Å²) in [5.74, 6) is 2.37. The number of hydrogen-bond donors (Lipinski definition) is 1. The molecule has 0 unspecified atom stereocenters. The Labute approximate surface area is 777 Å². The molecule has 0 spiro atoms. The van der Waals surface area contributed by atoms with Crippen molar-refractivity contribution in [2.24, 2.45) is 0 Å². The molecule has 0 aliphatic carbocycles. The van der Waals surface area contributed by atoms with E-state index in [9.17, 15) is 45.9 Å². The van der Waals surface area contributed by atoms with Crippen molar-refractivity contribution in [1.82, 2.24) is 40.0 Å². The highest BCUT2D eigenvalue weighted by molar-refractivity contribution is 7.27. The van der Waals surface area contributed by atoms with Crippen LogP contribution in [0.5, 0.6) is 0 Å². The minimum atomic E-state index is -0.395. The number of morpholine rings is 1. The monoisotopic (exact) mass is 1870 g/mol. The number of halogens is 5. The highest BCUT2D eigenvalue weighted by Crippen LogP contribution is 2.43. The van der Waals surface area contributed by atoms with E-state index in [0.717, 1.165) is 255 Å². The number of rotatable bonds is 6. The maximum atomic E-state index is 13.8. The van der Waals surface area contributed by atoms with E-state index in [1.165, 1.54) is 124 Å². The van der Waals surface area contributed by atoms with Crippen LogP contribution in [0, 0.1) is 29.1 Å². The molecular weight excluding hydrogens is 1780 g/mol. The Balaban J connectivity index is 0.000000100. The smallest absolute Gasteiger partial charge is 0.196 e. The van der Waals surface area contributed by atoms with Crippen LogP contribution in [0.15, 0.2) is 236 Å². The van der Waals surface area contributed by atoms with Gasteiger partial charge in [0, 0.05) is 182 Å². The Hall–Kier alpha value is -12.8. The summed E-state index contributed by atoms with van der Waals surface area (Å²) in [6.45, 7) is 18.8. The van der Waals surface area contributed by atoms with Crippen LogP contribution >= 0.6 is 56.7 Å². The number of likely N-dealkylation sites (N-methyl/N-ethyl adjacent to an activating group) is 2. The van der Waals surface area contributed by atoms with E-state index in [4.69, 9.17) is 29.7 Å². The lowest BCUT2D eigenvalue weighted by Gasteiger charge is -2.35. The third kappa shape index (κ3) is 16.7. The molecule has 0 atom stereocenters. The number of fused-ring (bicyclic) bond motifs is 20. The van der Waals surface area contributed by atoms with E-state index in [0.29, 0.717) is 67.1 Å². The van der Waals surface area contributed by atoms with Gasteiger partial charge >= 0.3 is 0 Å².